The first-order chi connectivity index (χ1) is 12.4. The molecule has 138 valence electrons. The zero-order valence-electron chi connectivity index (χ0n) is 15.2. The molecule has 1 fully saturated rings. The number of anilines is 3. The Morgan fingerprint density at radius 1 is 1.15 bits per heavy atom. The van der Waals surface area contributed by atoms with Crippen molar-refractivity contribution in [2.24, 2.45) is 0 Å². The minimum atomic E-state index is -0.119. The predicted molar refractivity (Wildman–Crippen MR) is 105 cm³/mol. The standard InChI is InChI=1S/C18H23ClN6O/c1-13-11-16(23(2)3)22-17(20-13)24-7-9-25(10-8-24)18(26)21-15-6-4-5-14(19)12-15/h4-6,11-12H,7-10H2,1-3H3,(H,21,26). The molecule has 0 aliphatic carbocycles. The Balaban J connectivity index is 1.61. The van der Waals surface area contributed by atoms with Crippen molar-refractivity contribution in [1.82, 2.24) is 14.9 Å². The number of amides is 2. The van der Waals surface area contributed by atoms with Crippen LogP contribution in [-0.2, 0) is 0 Å². The van der Waals surface area contributed by atoms with E-state index in [2.05, 4.69) is 20.2 Å². The number of aromatic nitrogens is 2. The summed E-state index contributed by atoms with van der Waals surface area (Å²) < 4.78 is 0. The molecule has 2 heterocycles. The number of aryl methyl sites for hydroxylation is 1. The van der Waals surface area contributed by atoms with Gasteiger partial charge in [0.15, 0.2) is 0 Å². The fourth-order valence-electron chi connectivity index (χ4n) is 2.79. The normalized spacial score (nSPS) is 14.3. The second-order valence-electron chi connectivity index (χ2n) is 6.48. The Morgan fingerprint density at radius 2 is 1.88 bits per heavy atom. The van der Waals surface area contributed by atoms with Gasteiger partial charge in [0, 0.05) is 62.7 Å². The maximum absolute atomic E-state index is 12.4. The minimum absolute atomic E-state index is 0.119. The molecule has 2 aromatic rings. The number of hydrogen-bond donors (Lipinski definition) is 1. The predicted octanol–water partition coefficient (Wildman–Crippen LogP) is 2.86. The Kier molecular flexibility index (Phi) is 5.46. The van der Waals surface area contributed by atoms with Crippen molar-refractivity contribution < 1.29 is 4.79 Å². The fraction of sp³-hybridized carbons (Fsp3) is 0.389. The largest absolute Gasteiger partial charge is 0.363 e. The van der Waals surface area contributed by atoms with E-state index in [9.17, 15) is 4.79 Å². The number of rotatable bonds is 3. The molecule has 0 spiro atoms. The highest BCUT2D eigenvalue weighted by Crippen LogP contribution is 2.18. The van der Waals surface area contributed by atoms with Crippen molar-refractivity contribution in [2.75, 3.05) is 55.4 Å². The van der Waals surface area contributed by atoms with E-state index in [4.69, 9.17) is 11.6 Å². The number of halogens is 1. The molecular formula is C18H23ClN6O. The van der Waals surface area contributed by atoms with Crippen LogP contribution < -0.4 is 15.1 Å². The van der Waals surface area contributed by atoms with Gasteiger partial charge < -0.3 is 20.0 Å². The van der Waals surface area contributed by atoms with Gasteiger partial charge in [-0.25, -0.2) is 9.78 Å². The van der Waals surface area contributed by atoms with Crippen molar-refractivity contribution in [3.8, 4) is 0 Å². The molecule has 0 unspecified atom stereocenters. The van der Waals surface area contributed by atoms with E-state index in [0.717, 1.165) is 11.5 Å². The average molecular weight is 375 g/mol. The van der Waals surface area contributed by atoms with Gasteiger partial charge in [0.1, 0.15) is 5.82 Å². The van der Waals surface area contributed by atoms with Gasteiger partial charge in [-0.15, -0.1) is 0 Å². The first-order valence-electron chi connectivity index (χ1n) is 8.52. The zero-order chi connectivity index (χ0) is 18.7. The van der Waals surface area contributed by atoms with Crippen molar-refractivity contribution in [3.05, 3.63) is 41.0 Å². The first-order valence-corrected chi connectivity index (χ1v) is 8.89. The summed E-state index contributed by atoms with van der Waals surface area (Å²) in [6.45, 7) is 4.58. The summed E-state index contributed by atoms with van der Waals surface area (Å²) in [7, 11) is 3.92. The lowest BCUT2D eigenvalue weighted by molar-refractivity contribution is 0.208. The number of nitrogens with one attached hydrogen (secondary N) is 1. The van der Waals surface area contributed by atoms with Crippen molar-refractivity contribution in [1.29, 1.82) is 0 Å². The van der Waals surface area contributed by atoms with Crippen LogP contribution in [-0.4, -0.2) is 61.2 Å². The van der Waals surface area contributed by atoms with E-state index in [0.29, 0.717) is 42.8 Å². The summed E-state index contributed by atoms with van der Waals surface area (Å²) in [5.74, 6) is 1.59. The number of benzene rings is 1. The maximum Gasteiger partial charge on any atom is 0.321 e. The molecular weight excluding hydrogens is 352 g/mol. The van der Waals surface area contributed by atoms with Gasteiger partial charge in [0.25, 0.3) is 0 Å². The molecule has 7 nitrogen and oxygen atoms in total. The zero-order valence-corrected chi connectivity index (χ0v) is 16.0. The monoisotopic (exact) mass is 374 g/mol. The quantitative estimate of drug-likeness (QED) is 0.894. The van der Waals surface area contributed by atoms with Crippen LogP contribution in [0, 0.1) is 6.92 Å². The Hall–Kier alpha value is -2.54. The molecule has 1 N–H and O–H groups in total. The smallest absolute Gasteiger partial charge is 0.321 e. The molecule has 1 aliphatic heterocycles. The third-order valence-corrected chi connectivity index (χ3v) is 4.45. The van der Waals surface area contributed by atoms with Gasteiger partial charge in [-0.05, 0) is 25.1 Å². The average Bonchev–Trinajstić information content (AvgIpc) is 2.61. The topological polar surface area (TPSA) is 64.6 Å². The van der Waals surface area contributed by atoms with Crippen molar-refractivity contribution in [3.63, 3.8) is 0 Å². The molecule has 0 saturated carbocycles. The summed E-state index contributed by atoms with van der Waals surface area (Å²) in [4.78, 5) is 27.5. The van der Waals surface area contributed by atoms with Crippen molar-refractivity contribution in [2.45, 2.75) is 6.92 Å². The SMILES string of the molecule is Cc1cc(N(C)C)nc(N2CCN(C(=O)Nc3cccc(Cl)c3)CC2)n1. The fourth-order valence-corrected chi connectivity index (χ4v) is 2.98. The Bertz CT molecular complexity index is 789. The highest BCUT2D eigenvalue weighted by atomic mass is 35.5. The van der Waals surface area contributed by atoms with Crippen LogP contribution in [0.2, 0.25) is 5.02 Å². The Morgan fingerprint density at radius 3 is 2.54 bits per heavy atom. The minimum Gasteiger partial charge on any atom is -0.363 e. The van der Waals surface area contributed by atoms with Crippen LogP contribution in [0.15, 0.2) is 30.3 Å². The van der Waals surface area contributed by atoms with Crippen LogP contribution in [0.25, 0.3) is 0 Å². The first kappa shape index (κ1) is 18.3. The van der Waals surface area contributed by atoms with E-state index in [1.165, 1.54) is 0 Å². The highest BCUT2D eigenvalue weighted by molar-refractivity contribution is 6.30. The van der Waals surface area contributed by atoms with Crippen LogP contribution in [0.4, 0.5) is 22.2 Å². The molecule has 8 heteroatoms. The van der Waals surface area contributed by atoms with E-state index < -0.39 is 0 Å². The lowest BCUT2D eigenvalue weighted by Crippen LogP contribution is -2.50. The second-order valence-corrected chi connectivity index (χ2v) is 6.91. The van der Waals surface area contributed by atoms with Crippen LogP contribution >= 0.6 is 11.6 Å². The molecule has 2 amide bonds. The molecule has 1 aliphatic rings. The number of hydrogen-bond acceptors (Lipinski definition) is 5. The molecule has 0 radical (unpaired) electrons. The van der Waals surface area contributed by atoms with Crippen LogP contribution in [0.1, 0.15) is 5.69 Å². The molecule has 1 aromatic carbocycles. The number of carbonyl (C=O) groups is 1. The van der Waals surface area contributed by atoms with Gasteiger partial charge in [0.2, 0.25) is 5.95 Å². The number of urea groups is 1. The molecule has 26 heavy (non-hydrogen) atoms. The van der Waals surface area contributed by atoms with Gasteiger partial charge in [-0.3, -0.25) is 0 Å². The lowest BCUT2D eigenvalue weighted by atomic mass is 10.3. The molecule has 1 aromatic heterocycles. The van der Waals surface area contributed by atoms with E-state index >= 15 is 0 Å². The maximum atomic E-state index is 12.4. The van der Waals surface area contributed by atoms with E-state index in [1.54, 1.807) is 17.0 Å². The second kappa shape index (κ2) is 7.78. The van der Waals surface area contributed by atoms with Gasteiger partial charge in [-0.1, -0.05) is 17.7 Å². The number of carbonyl (C=O) groups excluding carboxylic acids is 1. The number of nitrogens with zero attached hydrogens (tertiary/aromatic N) is 5. The van der Waals surface area contributed by atoms with Crippen LogP contribution in [0.5, 0.6) is 0 Å². The molecule has 0 bridgehead atoms. The summed E-state index contributed by atoms with van der Waals surface area (Å²) in [6.07, 6.45) is 0. The summed E-state index contributed by atoms with van der Waals surface area (Å²) in [6, 6.07) is 8.99. The Labute approximate surface area is 158 Å². The summed E-state index contributed by atoms with van der Waals surface area (Å²) in [5, 5.41) is 3.48. The van der Waals surface area contributed by atoms with Gasteiger partial charge in [-0.2, -0.15) is 4.98 Å². The molecule has 3 rings (SSSR count). The summed E-state index contributed by atoms with van der Waals surface area (Å²) >= 11 is 5.96. The van der Waals surface area contributed by atoms with Gasteiger partial charge >= 0.3 is 6.03 Å². The molecule has 1 saturated heterocycles. The van der Waals surface area contributed by atoms with Gasteiger partial charge in [0.05, 0.1) is 0 Å². The summed E-state index contributed by atoms with van der Waals surface area (Å²) in [5.41, 5.74) is 1.63. The van der Waals surface area contributed by atoms with E-state index in [1.807, 2.05) is 44.1 Å². The highest BCUT2D eigenvalue weighted by Gasteiger charge is 2.23. The third-order valence-electron chi connectivity index (χ3n) is 4.21. The molecule has 0 atom stereocenters. The van der Waals surface area contributed by atoms with Crippen molar-refractivity contribution >= 4 is 35.1 Å². The lowest BCUT2D eigenvalue weighted by Gasteiger charge is -2.35. The number of piperazine rings is 1. The third kappa shape index (κ3) is 4.35. The van der Waals surface area contributed by atoms with Crippen LogP contribution in [0.3, 0.4) is 0 Å². The van der Waals surface area contributed by atoms with E-state index in [-0.39, 0.29) is 6.03 Å².